The van der Waals surface area contributed by atoms with Crippen molar-refractivity contribution in [1.82, 2.24) is 0 Å². The van der Waals surface area contributed by atoms with Crippen molar-refractivity contribution in [3.05, 3.63) is 0 Å². The highest BCUT2D eigenvalue weighted by Crippen LogP contribution is 2.39. The molecule has 0 spiro atoms. The van der Waals surface area contributed by atoms with Crippen molar-refractivity contribution in [2.75, 3.05) is 18.5 Å². The van der Waals surface area contributed by atoms with E-state index in [1.165, 1.54) is 70.6 Å². The van der Waals surface area contributed by atoms with Gasteiger partial charge in [-0.2, -0.15) is 0 Å². The van der Waals surface area contributed by atoms with Gasteiger partial charge in [0.05, 0.1) is 0 Å². The molecule has 0 bridgehead atoms. The number of hydrogen-bond donors (Lipinski definition) is 0. The predicted molar refractivity (Wildman–Crippen MR) is 89.3 cm³/mol. The van der Waals surface area contributed by atoms with Gasteiger partial charge in [-0.25, -0.2) is 0 Å². The van der Waals surface area contributed by atoms with Crippen LogP contribution >= 0.6 is 7.92 Å². The van der Waals surface area contributed by atoms with E-state index in [9.17, 15) is 0 Å². The van der Waals surface area contributed by atoms with Crippen LogP contribution in [0.1, 0.15) is 91.4 Å². The summed E-state index contributed by atoms with van der Waals surface area (Å²) in [5.74, 6) is 0. The highest BCUT2D eigenvalue weighted by Gasteiger charge is 2.07. The molecule has 0 radical (unpaired) electrons. The molecular weight excluding hydrogens is 235 g/mol. The third kappa shape index (κ3) is 12.9. The first kappa shape index (κ1) is 18.4. The second-order valence-corrected chi connectivity index (χ2v) is 8.35. The molecule has 1 heteroatoms. The molecule has 18 heavy (non-hydrogen) atoms. The van der Waals surface area contributed by atoms with E-state index in [1.54, 1.807) is 18.5 Å². The van der Waals surface area contributed by atoms with E-state index < -0.39 is 0 Å². The van der Waals surface area contributed by atoms with Crippen molar-refractivity contribution in [3.63, 3.8) is 0 Å². The van der Waals surface area contributed by atoms with Crippen molar-refractivity contribution in [1.29, 1.82) is 0 Å². The van der Waals surface area contributed by atoms with Crippen LogP contribution in [0.2, 0.25) is 0 Å². The Morgan fingerprint density at radius 1 is 0.444 bits per heavy atom. The summed E-state index contributed by atoms with van der Waals surface area (Å²) in [5.41, 5.74) is 0. The Bertz CT molecular complexity index is 133. The van der Waals surface area contributed by atoms with Gasteiger partial charge in [-0.3, -0.25) is 0 Å². The lowest BCUT2D eigenvalue weighted by atomic mass is 10.2. The van der Waals surface area contributed by atoms with Crippen LogP contribution in [-0.4, -0.2) is 18.5 Å². The molecule has 0 unspecified atom stereocenters. The minimum absolute atomic E-state index is 0.395. The maximum Gasteiger partial charge on any atom is -0.0326 e. The molecule has 0 aliphatic carbocycles. The zero-order chi connectivity index (χ0) is 13.5. The Labute approximate surface area is 118 Å². The molecule has 0 fully saturated rings. The van der Waals surface area contributed by atoms with Crippen molar-refractivity contribution in [2.24, 2.45) is 0 Å². The normalized spacial score (nSPS) is 11.3. The maximum atomic E-state index is 2.32. The Morgan fingerprint density at radius 3 is 1.17 bits per heavy atom. The summed E-state index contributed by atoms with van der Waals surface area (Å²) >= 11 is 0. The minimum atomic E-state index is 0.395. The largest absolute Gasteiger partial charge is 0.107 e. The minimum Gasteiger partial charge on any atom is -0.107 e. The van der Waals surface area contributed by atoms with Gasteiger partial charge in [-0.1, -0.05) is 72.1 Å². The van der Waals surface area contributed by atoms with Crippen LogP contribution in [0.3, 0.4) is 0 Å². The first-order valence-electron chi connectivity index (χ1n) is 8.57. The molecule has 110 valence electrons. The van der Waals surface area contributed by atoms with Gasteiger partial charge in [-0.15, -0.1) is 7.92 Å². The monoisotopic (exact) mass is 272 g/mol. The molecule has 0 nitrogen and oxygen atoms in total. The zero-order valence-corrected chi connectivity index (χ0v) is 14.2. The second-order valence-electron chi connectivity index (χ2n) is 5.67. The van der Waals surface area contributed by atoms with E-state index in [2.05, 4.69) is 20.8 Å². The van der Waals surface area contributed by atoms with E-state index in [4.69, 9.17) is 0 Å². The van der Waals surface area contributed by atoms with Gasteiger partial charge in [0.15, 0.2) is 0 Å². The molecule has 0 rings (SSSR count). The molecule has 0 aliphatic heterocycles. The third-order valence-corrected chi connectivity index (χ3v) is 6.58. The molecule has 0 heterocycles. The first-order valence-corrected chi connectivity index (χ1v) is 10.5. The van der Waals surface area contributed by atoms with Crippen molar-refractivity contribution < 1.29 is 0 Å². The SMILES string of the molecule is CCCCCCP(CCCCC)CCCCCC. The quantitative estimate of drug-likeness (QED) is 0.240. The summed E-state index contributed by atoms with van der Waals surface area (Å²) in [6, 6.07) is 0. The first-order chi connectivity index (χ1) is 8.85. The van der Waals surface area contributed by atoms with E-state index in [1.807, 2.05) is 0 Å². The van der Waals surface area contributed by atoms with E-state index >= 15 is 0 Å². The molecule has 0 aromatic rings. The van der Waals surface area contributed by atoms with E-state index in [0.717, 1.165) is 0 Å². The molecule has 0 saturated carbocycles. The van der Waals surface area contributed by atoms with Crippen molar-refractivity contribution in [2.45, 2.75) is 91.4 Å². The molecule has 0 aliphatic rings. The highest BCUT2D eigenvalue weighted by atomic mass is 31.1. The lowest BCUT2D eigenvalue weighted by molar-refractivity contribution is 0.693. The van der Waals surface area contributed by atoms with Crippen LogP contribution in [0, 0.1) is 0 Å². The lowest BCUT2D eigenvalue weighted by Gasteiger charge is -2.17. The Balaban J connectivity index is 3.62. The van der Waals surface area contributed by atoms with Gasteiger partial charge in [0.25, 0.3) is 0 Å². The fourth-order valence-electron chi connectivity index (χ4n) is 2.45. The molecule has 0 saturated heterocycles. The van der Waals surface area contributed by atoms with Gasteiger partial charge in [0, 0.05) is 0 Å². The number of rotatable bonds is 14. The van der Waals surface area contributed by atoms with E-state index in [0.29, 0.717) is 7.92 Å². The van der Waals surface area contributed by atoms with Crippen LogP contribution in [0.4, 0.5) is 0 Å². The van der Waals surface area contributed by atoms with Crippen LogP contribution in [0.5, 0.6) is 0 Å². The van der Waals surface area contributed by atoms with Gasteiger partial charge in [0.1, 0.15) is 0 Å². The van der Waals surface area contributed by atoms with Crippen LogP contribution < -0.4 is 0 Å². The molecule has 0 atom stereocenters. The van der Waals surface area contributed by atoms with Crippen molar-refractivity contribution in [3.8, 4) is 0 Å². The Morgan fingerprint density at radius 2 is 0.778 bits per heavy atom. The van der Waals surface area contributed by atoms with Crippen LogP contribution in [0.15, 0.2) is 0 Å². The Hall–Kier alpha value is 0.430. The fourth-order valence-corrected chi connectivity index (χ4v) is 5.13. The van der Waals surface area contributed by atoms with Crippen LogP contribution in [0.25, 0.3) is 0 Å². The van der Waals surface area contributed by atoms with E-state index in [-0.39, 0.29) is 0 Å². The summed E-state index contributed by atoms with van der Waals surface area (Å²) in [5, 5.41) is 0. The number of unbranched alkanes of at least 4 members (excludes halogenated alkanes) is 8. The summed E-state index contributed by atoms with van der Waals surface area (Å²) in [6.07, 6.45) is 20.7. The molecular formula is C17H37P. The highest BCUT2D eigenvalue weighted by molar-refractivity contribution is 7.57. The summed E-state index contributed by atoms with van der Waals surface area (Å²) in [7, 11) is 0.395. The molecule has 0 aromatic carbocycles. The van der Waals surface area contributed by atoms with Gasteiger partial charge >= 0.3 is 0 Å². The molecule has 0 aromatic heterocycles. The topological polar surface area (TPSA) is 0 Å². The van der Waals surface area contributed by atoms with Gasteiger partial charge < -0.3 is 0 Å². The van der Waals surface area contributed by atoms with Crippen molar-refractivity contribution >= 4 is 7.92 Å². The average Bonchev–Trinajstić information content (AvgIpc) is 2.39. The fraction of sp³-hybridized carbons (Fsp3) is 1.00. The third-order valence-electron chi connectivity index (χ3n) is 3.73. The molecule has 0 amide bonds. The summed E-state index contributed by atoms with van der Waals surface area (Å²) in [4.78, 5) is 0. The second kappa shape index (κ2) is 15.5. The standard InChI is InChI=1S/C17H37P/c1-4-7-10-13-16-18(15-12-9-6-3)17-14-11-8-5-2/h4-17H2,1-3H3. The summed E-state index contributed by atoms with van der Waals surface area (Å²) < 4.78 is 0. The maximum absolute atomic E-state index is 2.32. The van der Waals surface area contributed by atoms with Gasteiger partial charge in [-0.05, 0) is 37.7 Å². The summed E-state index contributed by atoms with van der Waals surface area (Å²) in [6.45, 7) is 6.95. The zero-order valence-electron chi connectivity index (χ0n) is 13.3. The number of hydrogen-bond acceptors (Lipinski definition) is 0. The van der Waals surface area contributed by atoms with Crippen LogP contribution in [-0.2, 0) is 0 Å². The smallest absolute Gasteiger partial charge is 0.0326 e. The van der Waals surface area contributed by atoms with Gasteiger partial charge in [0.2, 0.25) is 0 Å². The Kier molecular flexibility index (Phi) is 15.9. The molecule has 0 N–H and O–H groups in total. The lowest BCUT2D eigenvalue weighted by Crippen LogP contribution is -1.96. The average molecular weight is 272 g/mol. The predicted octanol–water partition coefficient (Wildman–Crippen LogP) is 6.82.